The van der Waals surface area contributed by atoms with Crippen molar-refractivity contribution in [1.82, 2.24) is 10.3 Å². The minimum Gasteiger partial charge on any atom is -0.444 e. The van der Waals surface area contributed by atoms with Crippen molar-refractivity contribution in [3.05, 3.63) is 53.2 Å². The molecule has 0 unspecified atom stereocenters. The van der Waals surface area contributed by atoms with Crippen molar-refractivity contribution in [3.63, 3.8) is 0 Å². The van der Waals surface area contributed by atoms with Crippen LogP contribution >= 0.6 is 11.6 Å². The molecule has 0 saturated heterocycles. The summed E-state index contributed by atoms with van der Waals surface area (Å²) >= 11 is 6.04. The lowest BCUT2D eigenvalue weighted by atomic mass is 10.1. The van der Waals surface area contributed by atoms with E-state index >= 15 is 0 Å². The van der Waals surface area contributed by atoms with Crippen LogP contribution < -0.4 is 5.32 Å². The highest BCUT2D eigenvalue weighted by Crippen LogP contribution is 2.32. The number of ether oxygens (including phenoxy) is 1. The SMILES string of the molecule is C=N/C=C(/Cl)C=Nc1cc(CCNC(=O)OC(C)(C)C)c2[nH]c3ccccc3c2c1. The summed E-state index contributed by atoms with van der Waals surface area (Å²) in [4.78, 5) is 23.6. The van der Waals surface area contributed by atoms with Gasteiger partial charge in [-0.25, -0.2) is 4.79 Å². The number of benzene rings is 2. The average Bonchev–Trinajstić information content (AvgIpc) is 3.04. The van der Waals surface area contributed by atoms with Gasteiger partial charge in [0.25, 0.3) is 0 Å². The third-order valence-electron chi connectivity index (χ3n) is 4.30. The van der Waals surface area contributed by atoms with Crippen molar-refractivity contribution < 1.29 is 9.53 Å². The average molecular weight is 425 g/mol. The number of alkyl carbamates (subject to hydrolysis) is 1. The maximum atomic E-state index is 12.0. The van der Waals surface area contributed by atoms with Crippen LogP contribution in [0.5, 0.6) is 0 Å². The number of H-pyrrole nitrogens is 1. The number of nitrogens with zero attached hydrogens (tertiary/aromatic N) is 2. The molecule has 0 fully saturated rings. The minimum absolute atomic E-state index is 0.386. The fourth-order valence-corrected chi connectivity index (χ4v) is 3.27. The number of amides is 1. The molecule has 2 N–H and O–H groups in total. The third-order valence-corrected chi connectivity index (χ3v) is 4.49. The maximum Gasteiger partial charge on any atom is 0.407 e. The zero-order valence-electron chi connectivity index (χ0n) is 17.3. The fourth-order valence-electron chi connectivity index (χ4n) is 3.15. The Morgan fingerprint density at radius 3 is 2.77 bits per heavy atom. The second kappa shape index (κ2) is 9.13. The first-order chi connectivity index (χ1) is 14.3. The smallest absolute Gasteiger partial charge is 0.407 e. The van der Waals surface area contributed by atoms with Crippen LogP contribution in [0.15, 0.2) is 57.6 Å². The van der Waals surface area contributed by atoms with E-state index in [4.69, 9.17) is 16.3 Å². The van der Waals surface area contributed by atoms with Crippen molar-refractivity contribution in [2.24, 2.45) is 9.98 Å². The van der Waals surface area contributed by atoms with Crippen LogP contribution in [0.4, 0.5) is 10.5 Å². The number of hydrogen-bond donors (Lipinski definition) is 2. The molecule has 7 heteroatoms. The Morgan fingerprint density at radius 2 is 2.03 bits per heavy atom. The molecule has 2 aromatic carbocycles. The molecule has 0 bridgehead atoms. The topological polar surface area (TPSA) is 78.8 Å². The Morgan fingerprint density at radius 1 is 1.27 bits per heavy atom. The van der Waals surface area contributed by atoms with Gasteiger partial charge in [0.1, 0.15) is 5.60 Å². The number of nitrogens with one attached hydrogen (secondary N) is 2. The summed E-state index contributed by atoms with van der Waals surface area (Å²) in [6.45, 7) is 9.34. The van der Waals surface area contributed by atoms with E-state index in [1.165, 1.54) is 12.4 Å². The maximum absolute atomic E-state index is 12.0. The van der Waals surface area contributed by atoms with Gasteiger partial charge in [-0.15, -0.1) is 0 Å². The Labute approximate surface area is 180 Å². The molecular formula is C23H25ClN4O2. The number of allylic oxidation sites excluding steroid dienone is 1. The van der Waals surface area contributed by atoms with E-state index in [2.05, 4.69) is 33.1 Å². The number of para-hydroxylation sites is 1. The standard InChI is InChI=1S/C23H25ClN4O2/c1-23(2,3)30-22(29)26-10-9-15-11-17(27-14-16(24)13-25-4)12-19-18-7-5-6-8-20(18)28-21(15)19/h5-8,11-14,28H,4,9-10H2,1-3H3,(H,26,29)/b16-13+,27-14?. The van der Waals surface area contributed by atoms with Gasteiger partial charge in [-0.3, -0.25) is 9.98 Å². The second-order valence-corrected chi connectivity index (χ2v) is 8.27. The minimum atomic E-state index is -0.532. The largest absolute Gasteiger partial charge is 0.444 e. The lowest BCUT2D eigenvalue weighted by molar-refractivity contribution is 0.0528. The monoisotopic (exact) mass is 424 g/mol. The van der Waals surface area contributed by atoms with E-state index < -0.39 is 11.7 Å². The molecule has 6 nitrogen and oxygen atoms in total. The highest BCUT2D eigenvalue weighted by Gasteiger charge is 2.16. The van der Waals surface area contributed by atoms with Crippen LogP contribution in [-0.4, -0.2) is 36.2 Å². The highest BCUT2D eigenvalue weighted by atomic mass is 35.5. The molecule has 0 atom stereocenters. The first kappa shape index (κ1) is 21.6. The number of aliphatic imine (C=N–C) groups is 2. The van der Waals surface area contributed by atoms with Gasteiger partial charge in [-0.05, 0) is 57.7 Å². The third kappa shape index (κ3) is 5.48. The van der Waals surface area contributed by atoms with Crippen molar-refractivity contribution in [3.8, 4) is 0 Å². The summed E-state index contributed by atoms with van der Waals surface area (Å²) in [7, 11) is 0. The summed E-state index contributed by atoms with van der Waals surface area (Å²) in [5.41, 5.74) is 3.33. The molecule has 3 aromatic rings. The van der Waals surface area contributed by atoms with Gasteiger partial charge in [0.05, 0.1) is 10.7 Å². The molecule has 0 aliphatic carbocycles. The molecule has 30 heavy (non-hydrogen) atoms. The number of aromatic amines is 1. The van der Waals surface area contributed by atoms with Gasteiger partial charge in [0, 0.05) is 40.8 Å². The molecule has 156 valence electrons. The normalized spacial score (nSPS) is 12.6. The molecule has 0 aliphatic heterocycles. The van der Waals surface area contributed by atoms with Crippen molar-refractivity contribution in [2.45, 2.75) is 32.8 Å². The molecule has 0 aliphatic rings. The fraction of sp³-hybridized carbons (Fsp3) is 0.261. The molecule has 3 rings (SSSR count). The van der Waals surface area contributed by atoms with Crippen LogP contribution in [0.3, 0.4) is 0 Å². The first-order valence-corrected chi connectivity index (χ1v) is 10.0. The summed E-state index contributed by atoms with van der Waals surface area (Å²) < 4.78 is 5.31. The number of hydrogen-bond acceptors (Lipinski definition) is 4. The van der Waals surface area contributed by atoms with Crippen LogP contribution in [-0.2, 0) is 11.2 Å². The van der Waals surface area contributed by atoms with Crippen LogP contribution in [0.25, 0.3) is 21.8 Å². The van der Waals surface area contributed by atoms with Gasteiger partial charge < -0.3 is 15.0 Å². The molecule has 0 spiro atoms. The van der Waals surface area contributed by atoms with Gasteiger partial charge in [-0.1, -0.05) is 29.8 Å². The van der Waals surface area contributed by atoms with E-state index in [0.29, 0.717) is 18.0 Å². The molecule has 1 amide bonds. The van der Waals surface area contributed by atoms with Crippen molar-refractivity contribution in [1.29, 1.82) is 0 Å². The molecular weight excluding hydrogens is 400 g/mol. The van der Waals surface area contributed by atoms with Gasteiger partial charge in [0.2, 0.25) is 0 Å². The zero-order valence-corrected chi connectivity index (χ0v) is 18.1. The predicted octanol–water partition coefficient (Wildman–Crippen LogP) is 5.87. The van der Waals surface area contributed by atoms with Crippen LogP contribution in [0.2, 0.25) is 0 Å². The summed E-state index contributed by atoms with van der Waals surface area (Å²) in [6.07, 6.45) is 3.15. The van der Waals surface area contributed by atoms with E-state index in [-0.39, 0.29) is 0 Å². The highest BCUT2D eigenvalue weighted by molar-refractivity contribution is 6.39. The Hall–Kier alpha value is -3.12. The van der Waals surface area contributed by atoms with E-state index in [0.717, 1.165) is 33.1 Å². The Bertz CT molecular complexity index is 1140. The molecule has 1 heterocycles. The van der Waals surface area contributed by atoms with E-state index in [1.54, 1.807) is 0 Å². The quantitative estimate of drug-likeness (QED) is 0.485. The van der Waals surface area contributed by atoms with Crippen molar-refractivity contribution in [2.75, 3.05) is 6.54 Å². The summed E-state index contributed by atoms with van der Waals surface area (Å²) in [5, 5.41) is 5.37. The second-order valence-electron chi connectivity index (χ2n) is 7.83. The Balaban J connectivity index is 1.92. The molecule has 0 saturated carbocycles. The number of aromatic nitrogens is 1. The number of carbonyl (C=O) groups is 1. The van der Waals surface area contributed by atoms with E-state index in [9.17, 15) is 4.79 Å². The summed E-state index contributed by atoms with van der Waals surface area (Å²) in [6, 6.07) is 12.1. The number of carbonyl (C=O) groups excluding carboxylic acids is 1. The number of fused-ring (bicyclic) bond motifs is 3. The lowest BCUT2D eigenvalue weighted by Crippen LogP contribution is -2.33. The van der Waals surface area contributed by atoms with E-state index in [1.807, 2.05) is 51.1 Å². The zero-order chi connectivity index (χ0) is 21.7. The Kier molecular flexibility index (Phi) is 6.57. The van der Waals surface area contributed by atoms with Crippen molar-refractivity contribution >= 4 is 58.1 Å². The van der Waals surface area contributed by atoms with Gasteiger partial charge in [0.15, 0.2) is 0 Å². The van der Waals surface area contributed by atoms with Gasteiger partial charge >= 0.3 is 6.09 Å². The van der Waals surface area contributed by atoms with Crippen LogP contribution in [0, 0.1) is 0 Å². The first-order valence-electron chi connectivity index (χ1n) is 9.62. The molecule has 1 aromatic heterocycles. The molecule has 0 radical (unpaired) electrons. The lowest BCUT2D eigenvalue weighted by Gasteiger charge is -2.19. The van der Waals surface area contributed by atoms with Gasteiger partial charge in [-0.2, -0.15) is 0 Å². The number of halogens is 1. The predicted molar refractivity (Wildman–Crippen MR) is 125 cm³/mol. The summed E-state index contributed by atoms with van der Waals surface area (Å²) in [5.74, 6) is 0. The van der Waals surface area contributed by atoms with Crippen LogP contribution in [0.1, 0.15) is 26.3 Å². The number of rotatable bonds is 6.